The van der Waals surface area contributed by atoms with Crippen molar-refractivity contribution >= 4 is 43.4 Å². The van der Waals surface area contributed by atoms with E-state index in [4.69, 9.17) is 0 Å². The van der Waals surface area contributed by atoms with Crippen LogP contribution in [0.5, 0.6) is 0 Å². The molecular formula is C18H19N3OS2. The van der Waals surface area contributed by atoms with Gasteiger partial charge in [0.05, 0.1) is 5.52 Å². The van der Waals surface area contributed by atoms with Gasteiger partial charge < -0.3 is 4.90 Å². The van der Waals surface area contributed by atoms with Gasteiger partial charge in [-0.3, -0.25) is 5.32 Å². The third kappa shape index (κ3) is 3.30. The second kappa shape index (κ2) is 6.53. The lowest BCUT2D eigenvalue weighted by Gasteiger charge is -2.29. The summed E-state index contributed by atoms with van der Waals surface area (Å²) in [5.74, 6) is 0.624. The molecule has 24 heavy (non-hydrogen) atoms. The van der Waals surface area contributed by atoms with Crippen LogP contribution in [0.3, 0.4) is 0 Å². The summed E-state index contributed by atoms with van der Waals surface area (Å²) >= 11 is 3.20. The summed E-state index contributed by atoms with van der Waals surface area (Å²) in [5, 5.41) is 5.71. The zero-order valence-electron chi connectivity index (χ0n) is 13.4. The Kier molecular flexibility index (Phi) is 4.24. The molecule has 2 aromatic heterocycles. The monoisotopic (exact) mass is 357 g/mol. The fraction of sp³-hybridized carbons (Fsp3) is 0.333. The number of hydrogen-bond donors (Lipinski definition) is 1. The van der Waals surface area contributed by atoms with E-state index in [0.717, 1.165) is 15.1 Å². The number of benzene rings is 1. The van der Waals surface area contributed by atoms with Gasteiger partial charge in [-0.2, -0.15) is 0 Å². The number of urea groups is 1. The Morgan fingerprint density at radius 3 is 2.83 bits per heavy atom. The summed E-state index contributed by atoms with van der Waals surface area (Å²) in [6, 6.07) is 12.3. The minimum absolute atomic E-state index is 0.0559. The predicted molar refractivity (Wildman–Crippen MR) is 101 cm³/mol. The molecule has 0 aliphatic heterocycles. The SMILES string of the molecule is CC(C1CC1)N(Cc1ccccc1)C(=O)Nc1nc2ccsc2s1. The minimum Gasteiger partial charge on any atom is -0.317 e. The van der Waals surface area contributed by atoms with Gasteiger partial charge in [0.2, 0.25) is 0 Å². The summed E-state index contributed by atoms with van der Waals surface area (Å²) in [7, 11) is 0. The lowest BCUT2D eigenvalue weighted by atomic mass is 10.1. The summed E-state index contributed by atoms with van der Waals surface area (Å²) in [6.45, 7) is 2.78. The summed E-state index contributed by atoms with van der Waals surface area (Å²) < 4.78 is 1.15. The largest absolute Gasteiger partial charge is 0.324 e. The second-order valence-corrected chi connectivity index (χ2v) is 8.41. The molecule has 1 aromatic carbocycles. The molecule has 0 saturated heterocycles. The first-order valence-corrected chi connectivity index (χ1v) is 9.86. The normalized spacial score (nSPS) is 15.4. The molecule has 0 spiro atoms. The Bertz CT molecular complexity index is 810. The Hall–Kier alpha value is -1.92. The predicted octanol–water partition coefficient (Wildman–Crippen LogP) is 5.19. The number of carbonyl (C=O) groups is 1. The van der Waals surface area contributed by atoms with Crippen molar-refractivity contribution in [3.05, 3.63) is 47.3 Å². The van der Waals surface area contributed by atoms with Crippen LogP contribution < -0.4 is 5.32 Å². The standard InChI is InChI=1S/C18H19N3OS2/c1-12(14-7-8-14)21(11-13-5-3-2-4-6-13)18(22)20-17-19-15-9-10-23-16(15)24-17/h2-6,9-10,12,14H,7-8,11H2,1H3,(H,19,20,22). The molecule has 1 unspecified atom stereocenters. The summed E-state index contributed by atoms with van der Waals surface area (Å²) in [6.07, 6.45) is 2.43. The number of hydrogen-bond acceptors (Lipinski definition) is 4. The molecule has 4 nitrogen and oxygen atoms in total. The van der Waals surface area contributed by atoms with E-state index in [9.17, 15) is 4.79 Å². The number of rotatable bonds is 5. The van der Waals surface area contributed by atoms with Crippen molar-refractivity contribution in [1.82, 2.24) is 9.88 Å². The highest BCUT2D eigenvalue weighted by Crippen LogP contribution is 2.36. The number of aromatic nitrogens is 1. The van der Waals surface area contributed by atoms with Gasteiger partial charge in [-0.15, -0.1) is 11.3 Å². The van der Waals surface area contributed by atoms with Gasteiger partial charge >= 0.3 is 6.03 Å². The molecule has 1 aliphatic rings. The van der Waals surface area contributed by atoms with Crippen molar-refractivity contribution < 1.29 is 4.79 Å². The van der Waals surface area contributed by atoms with Gasteiger partial charge in [-0.25, -0.2) is 9.78 Å². The van der Waals surface area contributed by atoms with E-state index in [0.29, 0.717) is 17.6 Å². The van der Waals surface area contributed by atoms with Crippen LogP contribution >= 0.6 is 22.7 Å². The third-order valence-electron chi connectivity index (χ3n) is 4.49. The Morgan fingerprint density at radius 2 is 2.12 bits per heavy atom. The third-order valence-corrected chi connectivity index (χ3v) is 6.50. The lowest BCUT2D eigenvalue weighted by molar-refractivity contribution is 0.181. The number of nitrogens with zero attached hydrogens (tertiary/aromatic N) is 2. The smallest absolute Gasteiger partial charge is 0.317 e. The highest BCUT2D eigenvalue weighted by atomic mass is 32.2. The molecule has 0 bridgehead atoms. The maximum Gasteiger partial charge on any atom is 0.324 e. The van der Waals surface area contributed by atoms with E-state index in [1.807, 2.05) is 34.5 Å². The number of anilines is 1. The molecule has 1 saturated carbocycles. The molecule has 124 valence electrons. The van der Waals surface area contributed by atoms with Gasteiger partial charge in [0, 0.05) is 12.6 Å². The van der Waals surface area contributed by atoms with Crippen LogP contribution in [0, 0.1) is 5.92 Å². The molecule has 1 aliphatic carbocycles. The number of nitrogens with one attached hydrogen (secondary N) is 1. The first-order valence-electron chi connectivity index (χ1n) is 8.16. The number of amides is 2. The van der Waals surface area contributed by atoms with Gasteiger partial charge in [0.25, 0.3) is 0 Å². The molecule has 1 N–H and O–H groups in total. The number of thiazole rings is 1. The van der Waals surface area contributed by atoms with Crippen molar-refractivity contribution in [3.63, 3.8) is 0 Å². The van der Waals surface area contributed by atoms with E-state index in [1.165, 1.54) is 12.8 Å². The lowest BCUT2D eigenvalue weighted by Crippen LogP contribution is -2.42. The van der Waals surface area contributed by atoms with Crippen LogP contribution in [0.1, 0.15) is 25.3 Å². The second-order valence-electron chi connectivity index (χ2n) is 6.23. The Morgan fingerprint density at radius 1 is 1.33 bits per heavy atom. The van der Waals surface area contributed by atoms with Crippen molar-refractivity contribution in [1.29, 1.82) is 0 Å². The van der Waals surface area contributed by atoms with Crippen molar-refractivity contribution in [2.24, 2.45) is 5.92 Å². The first kappa shape index (κ1) is 15.6. The number of thiophene rings is 1. The maximum absolute atomic E-state index is 12.9. The molecule has 2 heterocycles. The fourth-order valence-corrected chi connectivity index (χ4v) is 4.73. The molecule has 2 amide bonds. The van der Waals surface area contributed by atoms with E-state index in [-0.39, 0.29) is 12.1 Å². The summed E-state index contributed by atoms with van der Waals surface area (Å²) in [5.41, 5.74) is 2.12. The summed E-state index contributed by atoms with van der Waals surface area (Å²) in [4.78, 5) is 19.3. The Balaban J connectivity index is 1.52. The Labute approximate surface area is 149 Å². The van der Waals surface area contributed by atoms with Crippen LogP contribution in [0.2, 0.25) is 0 Å². The maximum atomic E-state index is 12.9. The van der Waals surface area contributed by atoms with Crippen LogP contribution in [-0.2, 0) is 6.54 Å². The van der Waals surface area contributed by atoms with Crippen LogP contribution in [-0.4, -0.2) is 22.0 Å². The fourth-order valence-electron chi connectivity index (χ4n) is 2.90. The highest BCUT2D eigenvalue weighted by molar-refractivity contribution is 7.39. The van der Waals surface area contributed by atoms with Crippen molar-refractivity contribution in [3.8, 4) is 0 Å². The average molecular weight is 358 g/mol. The molecule has 6 heteroatoms. The van der Waals surface area contributed by atoms with Crippen molar-refractivity contribution in [2.75, 3.05) is 5.32 Å². The van der Waals surface area contributed by atoms with Crippen molar-refractivity contribution in [2.45, 2.75) is 32.4 Å². The molecular weight excluding hydrogens is 338 g/mol. The molecule has 0 radical (unpaired) electrons. The first-order chi connectivity index (χ1) is 11.7. The van der Waals surface area contributed by atoms with E-state index >= 15 is 0 Å². The molecule has 1 atom stereocenters. The van der Waals surface area contributed by atoms with E-state index in [1.54, 1.807) is 22.7 Å². The van der Waals surface area contributed by atoms with Crippen LogP contribution in [0.15, 0.2) is 41.8 Å². The van der Waals surface area contributed by atoms with Crippen LogP contribution in [0.4, 0.5) is 9.93 Å². The van der Waals surface area contributed by atoms with Gasteiger partial charge in [0.1, 0.15) is 4.01 Å². The van der Waals surface area contributed by atoms with E-state index in [2.05, 4.69) is 29.4 Å². The molecule has 3 aromatic rings. The molecule has 1 fully saturated rings. The minimum atomic E-state index is -0.0559. The van der Waals surface area contributed by atoms with Gasteiger partial charge in [-0.1, -0.05) is 41.7 Å². The number of fused-ring (bicyclic) bond motifs is 1. The average Bonchev–Trinajstić information content (AvgIpc) is 3.24. The number of carbonyl (C=O) groups excluding carboxylic acids is 1. The zero-order chi connectivity index (χ0) is 16.5. The zero-order valence-corrected chi connectivity index (χ0v) is 15.1. The quantitative estimate of drug-likeness (QED) is 0.683. The van der Waals surface area contributed by atoms with Gasteiger partial charge in [-0.05, 0) is 42.7 Å². The van der Waals surface area contributed by atoms with Crippen LogP contribution in [0.25, 0.3) is 9.53 Å². The van der Waals surface area contributed by atoms with E-state index < -0.39 is 0 Å². The molecule has 4 rings (SSSR count). The highest BCUT2D eigenvalue weighted by Gasteiger charge is 2.34. The topological polar surface area (TPSA) is 45.2 Å². The van der Waals surface area contributed by atoms with Gasteiger partial charge in [0.15, 0.2) is 5.13 Å².